The minimum absolute atomic E-state index is 0.00731. The highest BCUT2D eigenvalue weighted by Gasteiger charge is 2.75. The van der Waals surface area contributed by atoms with E-state index in [1.165, 1.54) is 12.8 Å². The van der Waals surface area contributed by atoms with Gasteiger partial charge in [0.1, 0.15) is 11.1 Å². The quantitative estimate of drug-likeness (QED) is 0.447. The van der Waals surface area contributed by atoms with E-state index in [0.29, 0.717) is 36.8 Å². The van der Waals surface area contributed by atoms with Crippen molar-refractivity contribution in [3.05, 3.63) is 59.5 Å². The van der Waals surface area contributed by atoms with Gasteiger partial charge in [0.25, 0.3) is 5.89 Å². The number of benzene rings is 2. The highest BCUT2D eigenvalue weighted by Crippen LogP contribution is 2.66. The molecule has 10 heteroatoms. The molecule has 1 spiro atoms. The molecule has 10 nitrogen and oxygen atoms in total. The topological polar surface area (TPSA) is 127 Å². The molecule has 3 aliphatic carbocycles. The number of Topliss-reactive ketones (excluding diaryl/α,β-unsaturated/α-hetero) is 1. The molecule has 42 heavy (non-hydrogen) atoms. The first-order valence-corrected chi connectivity index (χ1v) is 14.9. The van der Waals surface area contributed by atoms with Gasteiger partial charge in [0, 0.05) is 24.1 Å². The van der Waals surface area contributed by atoms with Gasteiger partial charge in [-0.2, -0.15) is 4.98 Å². The molecule has 3 fully saturated rings. The Morgan fingerprint density at radius 3 is 2.79 bits per heavy atom. The molecule has 2 saturated carbocycles. The molecule has 2 aromatic carbocycles. The number of piperidine rings is 1. The van der Waals surface area contributed by atoms with E-state index in [9.17, 15) is 14.7 Å². The van der Waals surface area contributed by atoms with Crippen LogP contribution in [-0.4, -0.2) is 62.9 Å². The third-order valence-electron chi connectivity index (χ3n) is 10.2. The fraction of sp³-hybridized carbons (Fsp3) is 0.500. The molecular weight excluding hydrogens is 536 g/mol. The summed E-state index contributed by atoms with van der Waals surface area (Å²) in [6, 6.07) is 13.0. The molecule has 3 aromatic rings. The molecule has 1 aromatic heterocycles. The average Bonchev–Trinajstić information content (AvgIpc) is 3.49. The molecule has 8 rings (SSSR count). The predicted octanol–water partition coefficient (Wildman–Crippen LogP) is 4.24. The third kappa shape index (κ3) is 3.53. The van der Waals surface area contributed by atoms with E-state index >= 15 is 0 Å². The van der Waals surface area contributed by atoms with Crippen LogP contribution in [0, 0.1) is 5.92 Å². The number of ketones is 1. The molecule has 4 atom stereocenters. The maximum absolute atomic E-state index is 14.0. The number of likely N-dealkylation sites (tertiary alicyclic amines) is 1. The number of carbonyl (C=O) groups is 2. The number of aromatic nitrogens is 2. The number of hydrogen-bond acceptors (Lipinski definition) is 9. The summed E-state index contributed by atoms with van der Waals surface area (Å²) in [7, 11) is 0. The number of phenols is 1. The minimum Gasteiger partial charge on any atom is -0.504 e. The highest BCUT2D eigenvalue weighted by atomic mass is 16.6. The standard InChI is InChI=1S/C32H34N4O6/c1-30(2,28-33-27(35-42-28)19-6-4-3-5-7-19)34-29(39)41-32-13-12-22(38)26-31(32)14-15-36(17-18-8-9-18)23(32)16-20-10-11-21(37)25(40-26)24(20)31/h3-7,10-11,18,23,26,37H,8-9,12-17H2,1-2H3,(H,34,39)/t23-,26+,31+,32-/m1/s1. The zero-order valence-electron chi connectivity index (χ0n) is 23.8. The molecule has 5 aliphatic rings. The predicted molar refractivity (Wildman–Crippen MR) is 150 cm³/mol. The van der Waals surface area contributed by atoms with Gasteiger partial charge >= 0.3 is 6.09 Å². The molecule has 0 radical (unpaired) electrons. The van der Waals surface area contributed by atoms with Crippen LogP contribution in [0.15, 0.2) is 47.0 Å². The number of nitrogens with zero attached hydrogens (tertiary/aromatic N) is 3. The lowest BCUT2D eigenvalue weighted by Crippen LogP contribution is -2.78. The van der Waals surface area contributed by atoms with Crippen molar-refractivity contribution in [2.24, 2.45) is 5.92 Å². The highest BCUT2D eigenvalue weighted by molar-refractivity contribution is 5.90. The number of ether oxygens (including phenoxy) is 2. The maximum atomic E-state index is 14.0. The van der Waals surface area contributed by atoms with Crippen molar-refractivity contribution in [2.45, 2.75) is 81.1 Å². The van der Waals surface area contributed by atoms with E-state index in [0.717, 1.165) is 29.8 Å². The Morgan fingerprint density at radius 1 is 1.19 bits per heavy atom. The molecule has 2 N–H and O–H groups in total. The largest absolute Gasteiger partial charge is 0.504 e. The second-order valence-corrected chi connectivity index (χ2v) is 13.1. The van der Waals surface area contributed by atoms with Gasteiger partial charge in [0.2, 0.25) is 5.82 Å². The van der Waals surface area contributed by atoms with Crippen LogP contribution in [-0.2, 0) is 26.9 Å². The number of hydrogen-bond donors (Lipinski definition) is 2. The second kappa shape index (κ2) is 8.80. The summed E-state index contributed by atoms with van der Waals surface area (Å²) in [6.07, 6.45) is 2.92. The number of phenolic OH excluding ortho intramolecular Hbond substituents is 1. The van der Waals surface area contributed by atoms with E-state index < -0.39 is 28.8 Å². The van der Waals surface area contributed by atoms with Crippen molar-refractivity contribution in [3.8, 4) is 22.9 Å². The van der Waals surface area contributed by atoms with Crippen LogP contribution < -0.4 is 10.1 Å². The Bertz CT molecular complexity index is 1600. The molecular formula is C32H34N4O6. The lowest BCUT2D eigenvalue weighted by atomic mass is 9.48. The smallest absolute Gasteiger partial charge is 0.408 e. The number of aromatic hydroxyl groups is 1. The number of nitrogens with one attached hydrogen (secondary N) is 1. The second-order valence-electron chi connectivity index (χ2n) is 13.1. The fourth-order valence-corrected chi connectivity index (χ4v) is 8.12. The van der Waals surface area contributed by atoms with Gasteiger partial charge in [-0.05, 0) is 70.0 Å². The Hall–Kier alpha value is -3.92. The zero-order valence-corrected chi connectivity index (χ0v) is 23.8. The van der Waals surface area contributed by atoms with Crippen LogP contribution >= 0.6 is 0 Å². The van der Waals surface area contributed by atoms with E-state index in [4.69, 9.17) is 14.0 Å². The number of alkyl carbamates (subject to hydrolysis) is 1. The Balaban J connectivity index is 1.16. The summed E-state index contributed by atoms with van der Waals surface area (Å²) < 4.78 is 18.6. The summed E-state index contributed by atoms with van der Waals surface area (Å²) in [4.78, 5) is 34.5. The summed E-state index contributed by atoms with van der Waals surface area (Å²) in [6.45, 7) is 5.32. The first-order valence-electron chi connectivity index (χ1n) is 14.9. The average molecular weight is 571 g/mol. The van der Waals surface area contributed by atoms with Crippen molar-refractivity contribution < 1.29 is 28.7 Å². The lowest BCUT2D eigenvalue weighted by Gasteiger charge is -2.63. The number of amides is 1. The van der Waals surface area contributed by atoms with Crippen LogP contribution in [0.25, 0.3) is 11.4 Å². The van der Waals surface area contributed by atoms with Crippen molar-refractivity contribution in [3.63, 3.8) is 0 Å². The normalized spacial score (nSPS) is 29.5. The van der Waals surface area contributed by atoms with E-state index in [1.807, 2.05) is 36.4 Å². The van der Waals surface area contributed by atoms with E-state index in [-0.39, 0.29) is 29.9 Å². The van der Waals surface area contributed by atoms with Gasteiger partial charge in [-0.25, -0.2) is 4.79 Å². The van der Waals surface area contributed by atoms with Gasteiger partial charge in [0.15, 0.2) is 23.4 Å². The van der Waals surface area contributed by atoms with Crippen LogP contribution in [0.2, 0.25) is 0 Å². The fourth-order valence-electron chi connectivity index (χ4n) is 8.12. The van der Waals surface area contributed by atoms with Crippen molar-refractivity contribution >= 4 is 11.9 Å². The maximum Gasteiger partial charge on any atom is 0.408 e. The summed E-state index contributed by atoms with van der Waals surface area (Å²) in [5.41, 5.74) is -0.174. The van der Waals surface area contributed by atoms with Gasteiger partial charge in [0.05, 0.1) is 11.5 Å². The minimum atomic E-state index is -1.03. The molecule has 2 bridgehead atoms. The molecule has 218 valence electrons. The van der Waals surface area contributed by atoms with Crippen molar-refractivity contribution in [1.29, 1.82) is 0 Å². The van der Waals surface area contributed by atoms with Crippen LogP contribution in [0.5, 0.6) is 11.5 Å². The third-order valence-corrected chi connectivity index (χ3v) is 10.2. The number of rotatable bonds is 6. The Morgan fingerprint density at radius 2 is 2.00 bits per heavy atom. The van der Waals surface area contributed by atoms with Gasteiger partial charge in [-0.15, -0.1) is 0 Å². The van der Waals surface area contributed by atoms with Crippen LogP contribution in [0.3, 0.4) is 0 Å². The summed E-state index contributed by atoms with van der Waals surface area (Å²) in [5.74, 6) is 1.73. The Kier molecular flexibility index (Phi) is 5.40. The molecule has 2 aliphatic heterocycles. The van der Waals surface area contributed by atoms with Gasteiger partial charge in [-0.3, -0.25) is 9.69 Å². The lowest BCUT2D eigenvalue weighted by molar-refractivity contribution is -0.189. The van der Waals surface area contributed by atoms with Gasteiger partial charge < -0.3 is 24.4 Å². The van der Waals surface area contributed by atoms with Crippen molar-refractivity contribution in [2.75, 3.05) is 13.1 Å². The first kappa shape index (κ1) is 25.8. The van der Waals surface area contributed by atoms with E-state index in [1.54, 1.807) is 19.9 Å². The monoisotopic (exact) mass is 570 g/mol. The first-order chi connectivity index (χ1) is 20.2. The molecule has 0 unspecified atom stereocenters. The van der Waals surface area contributed by atoms with Gasteiger partial charge in [-0.1, -0.05) is 41.6 Å². The van der Waals surface area contributed by atoms with E-state index in [2.05, 4.69) is 20.4 Å². The SMILES string of the molecule is CC(C)(NC(=O)O[C@@]12CCC(=O)[C@@H]3Oc4c(O)ccc5c4[C@@]31CCN(CC1CC1)[C@@H]2C5)c1nc(-c2ccccc2)no1. The van der Waals surface area contributed by atoms with Crippen LogP contribution in [0.4, 0.5) is 4.79 Å². The molecule has 1 amide bonds. The Labute approximate surface area is 243 Å². The zero-order chi connectivity index (χ0) is 28.9. The summed E-state index contributed by atoms with van der Waals surface area (Å²) in [5, 5.41) is 17.9. The molecule has 3 heterocycles. The summed E-state index contributed by atoms with van der Waals surface area (Å²) >= 11 is 0. The number of carbonyl (C=O) groups excluding carboxylic acids is 2. The molecule has 1 saturated heterocycles. The van der Waals surface area contributed by atoms with Crippen LogP contribution in [0.1, 0.15) is 63.0 Å². The van der Waals surface area contributed by atoms with Crippen molar-refractivity contribution in [1.82, 2.24) is 20.4 Å².